The number of hydrogen-bond donors (Lipinski definition) is 2. The Labute approximate surface area is 141 Å². The van der Waals surface area contributed by atoms with Crippen LogP contribution in [-0.2, 0) is 9.59 Å². The molecule has 1 aliphatic heterocycles. The van der Waals surface area contributed by atoms with Crippen molar-refractivity contribution in [2.45, 2.75) is 38.5 Å². The van der Waals surface area contributed by atoms with Crippen LogP contribution in [0.4, 0.5) is 0 Å². The number of carbonyl (C=O) groups excluding carboxylic acids is 2. The number of carbonyl (C=O) groups is 2. The van der Waals surface area contributed by atoms with E-state index in [2.05, 4.69) is 0 Å². The Hall–Kier alpha value is -1.59. The number of hydrogen-bond acceptors (Lipinski definition) is 3. The van der Waals surface area contributed by atoms with Crippen molar-refractivity contribution >= 4 is 23.4 Å². The average molecular weight is 339 g/mol. The van der Waals surface area contributed by atoms with Gasteiger partial charge < -0.3 is 4.90 Å². The third-order valence-electron chi connectivity index (χ3n) is 4.45. The van der Waals surface area contributed by atoms with Crippen molar-refractivity contribution in [1.82, 2.24) is 10.4 Å². The highest BCUT2D eigenvalue weighted by atomic mass is 35.5. The van der Waals surface area contributed by atoms with Gasteiger partial charge in [0.25, 0.3) is 0 Å². The molecular formula is C17H23ClN2O3. The van der Waals surface area contributed by atoms with Gasteiger partial charge in [0, 0.05) is 18.1 Å². The highest BCUT2D eigenvalue weighted by Gasteiger charge is 2.36. The number of piperidine rings is 1. The lowest BCUT2D eigenvalue weighted by Gasteiger charge is -2.33. The van der Waals surface area contributed by atoms with Gasteiger partial charge in [0.2, 0.25) is 11.8 Å². The molecular weight excluding hydrogens is 316 g/mol. The fraction of sp³-hybridized carbons (Fsp3) is 0.529. The SMILES string of the molecule is CC[C@H](C(=O)NO)[C@H](C(=O)N1CCCCC1)c1ccc(Cl)cc1. The smallest absolute Gasteiger partial charge is 0.247 e. The molecule has 0 radical (unpaired) electrons. The van der Waals surface area contributed by atoms with E-state index in [1.54, 1.807) is 29.7 Å². The maximum Gasteiger partial charge on any atom is 0.247 e. The number of hydroxylamine groups is 1. The van der Waals surface area contributed by atoms with E-state index < -0.39 is 17.7 Å². The van der Waals surface area contributed by atoms with Gasteiger partial charge in [0.1, 0.15) is 0 Å². The standard InChI is InChI=1S/C17H23ClN2O3/c1-2-14(16(21)19-23)15(12-6-8-13(18)9-7-12)17(22)20-10-4-3-5-11-20/h6-9,14-15,23H,2-5,10-11H2,1H3,(H,19,21)/t14-,15+/m0/s1. The zero-order valence-electron chi connectivity index (χ0n) is 13.3. The minimum Gasteiger partial charge on any atom is -0.342 e. The highest BCUT2D eigenvalue weighted by molar-refractivity contribution is 6.30. The van der Waals surface area contributed by atoms with Gasteiger partial charge in [-0.25, -0.2) is 5.48 Å². The monoisotopic (exact) mass is 338 g/mol. The van der Waals surface area contributed by atoms with Crippen molar-refractivity contribution in [3.05, 3.63) is 34.9 Å². The second kappa shape index (κ2) is 8.31. The van der Waals surface area contributed by atoms with Crippen molar-refractivity contribution in [1.29, 1.82) is 0 Å². The van der Waals surface area contributed by atoms with Gasteiger partial charge in [-0.05, 0) is 43.4 Å². The molecule has 0 saturated carbocycles. The number of halogens is 1. The van der Waals surface area contributed by atoms with Gasteiger partial charge in [-0.3, -0.25) is 14.8 Å². The highest BCUT2D eigenvalue weighted by Crippen LogP contribution is 2.31. The van der Waals surface area contributed by atoms with Crippen LogP contribution in [0.25, 0.3) is 0 Å². The van der Waals surface area contributed by atoms with Gasteiger partial charge in [-0.1, -0.05) is 30.7 Å². The fourth-order valence-corrected chi connectivity index (χ4v) is 3.31. The van der Waals surface area contributed by atoms with E-state index in [-0.39, 0.29) is 5.91 Å². The first kappa shape index (κ1) is 17.8. The molecule has 1 heterocycles. The zero-order valence-corrected chi connectivity index (χ0v) is 14.1. The van der Waals surface area contributed by atoms with Crippen molar-refractivity contribution in [2.24, 2.45) is 5.92 Å². The summed E-state index contributed by atoms with van der Waals surface area (Å²) < 4.78 is 0. The lowest BCUT2D eigenvalue weighted by atomic mass is 9.82. The van der Waals surface area contributed by atoms with Crippen LogP contribution in [0.15, 0.2) is 24.3 Å². The fourth-order valence-electron chi connectivity index (χ4n) is 3.18. The van der Waals surface area contributed by atoms with Gasteiger partial charge in [-0.2, -0.15) is 0 Å². The maximum absolute atomic E-state index is 13.0. The van der Waals surface area contributed by atoms with Gasteiger partial charge in [0.15, 0.2) is 0 Å². The number of nitrogens with zero attached hydrogens (tertiary/aromatic N) is 1. The summed E-state index contributed by atoms with van der Waals surface area (Å²) in [4.78, 5) is 26.9. The molecule has 1 fully saturated rings. The molecule has 0 spiro atoms. The molecule has 5 nitrogen and oxygen atoms in total. The number of amides is 2. The van der Waals surface area contributed by atoms with Crippen molar-refractivity contribution in [3.8, 4) is 0 Å². The Bertz CT molecular complexity index is 541. The lowest BCUT2D eigenvalue weighted by molar-refractivity contribution is -0.142. The molecule has 2 atom stereocenters. The average Bonchev–Trinajstić information content (AvgIpc) is 2.60. The number of rotatable bonds is 5. The molecule has 2 amide bonds. The Morgan fingerprint density at radius 3 is 2.35 bits per heavy atom. The molecule has 0 aromatic heterocycles. The minimum absolute atomic E-state index is 0.0533. The lowest BCUT2D eigenvalue weighted by Crippen LogP contribution is -2.44. The minimum atomic E-state index is -0.615. The zero-order chi connectivity index (χ0) is 16.8. The van der Waals surface area contributed by atoms with E-state index in [9.17, 15) is 9.59 Å². The molecule has 1 aromatic carbocycles. The second-order valence-corrected chi connectivity index (χ2v) is 6.34. The molecule has 2 rings (SSSR count). The van der Waals surface area contributed by atoms with E-state index >= 15 is 0 Å². The van der Waals surface area contributed by atoms with Gasteiger partial charge >= 0.3 is 0 Å². The Morgan fingerprint density at radius 2 is 1.83 bits per heavy atom. The summed E-state index contributed by atoms with van der Waals surface area (Å²) in [5, 5.41) is 9.60. The molecule has 126 valence electrons. The predicted molar refractivity (Wildman–Crippen MR) is 88.3 cm³/mol. The normalized spacial score (nSPS) is 17.4. The molecule has 1 saturated heterocycles. The van der Waals surface area contributed by atoms with Gasteiger partial charge in [-0.15, -0.1) is 0 Å². The van der Waals surface area contributed by atoms with Crippen LogP contribution < -0.4 is 5.48 Å². The molecule has 2 N–H and O–H groups in total. The largest absolute Gasteiger partial charge is 0.342 e. The third kappa shape index (κ3) is 4.24. The summed E-state index contributed by atoms with van der Waals surface area (Å²) in [5.74, 6) is -1.81. The van der Waals surface area contributed by atoms with E-state index in [0.29, 0.717) is 11.4 Å². The summed E-state index contributed by atoms with van der Waals surface area (Å²) in [6, 6.07) is 7.00. The summed E-state index contributed by atoms with van der Waals surface area (Å²) in [7, 11) is 0. The summed E-state index contributed by atoms with van der Waals surface area (Å²) in [5.41, 5.74) is 2.45. The molecule has 1 aliphatic rings. The van der Waals surface area contributed by atoms with Crippen LogP contribution in [0, 0.1) is 5.92 Å². The first-order valence-electron chi connectivity index (χ1n) is 8.06. The molecule has 0 aliphatic carbocycles. The first-order chi connectivity index (χ1) is 11.1. The molecule has 1 aromatic rings. The Morgan fingerprint density at radius 1 is 1.22 bits per heavy atom. The van der Waals surface area contributed by atoms with Crippen molar-refractivity contribution in [2.75, 3.05) is 13.1 Å². The van der Waals surface area contributed by atoms with E-state index in [0.717, 1.165) is 37.9 Å². The van der Waals surface area contributed by atoms with E-state index in [1.807, 2.05) is 11.8 Å². The van der Waals surface area contributed by atoms with Crippen LogP contribution in [0.3, 0.4) is 0 Å². The summed E-state index contributed by atoms with van der Waals surface area (Å²) in [6.07, 6.45) is 3.56. The quantitative estimate of drug-likeness (QED) is 0.640. The topological polar surface area (TPSA) is 69.6 Å². The summed E-state index contributed by atoms with van der Waals surface area (Å²) >= 11 is 5.93. The molecule has 0 bridgehead atoms. The molecule has 6 heteroatoms. The molecule has 0 unspecified atom stereocenters. The number of nitrogens with one attached hydrogen (secondary N) is 1. The number of likely N-dealkylation sites (tertiary alicyclic amines) is 1. The summed E-state index contributed by atoms with van der Waals surface area (Å²) in [6.45, 7) is 3.28. The third-order valence-corrected chi connectivity index (χ3v) is 4.70. The first-order valence-corrected chi connectivity index (χ1v) is 8.44. The van der Waals surface area contributed by atoms with Crippen LogP contribution in [0.2, 0.25) is 5.02 Å². The second-order valence-electron chi connectivity index (χ2n) is 5.91. The van der Waals surface area contributed by atoms with Crippen molar-refractivity contribution in [3.63, 3.8) is 0 Å². The molecule has 23 heavy (non-hydrogen) atoms. The van der Waals surface area contributed by atoms with E-state index in [1.165, 1.54) is 0 Å². The van der Waals surface area contributed by atoms with Crippen LogP contribution in [-0.4, -0.2) is 35.0 Å². The van der Waals surface area contributed by atoms with Crippen LogP contribution in [0.5, 0.6) is 0 Å². The van der Waals surface area contributed by atoms with Crippen LogP contribution in [0.1, 0.15) is 44.1 Å². The predicted octanol–water partition coefficient (Wildman–Crippen LogP) is 2.97. The van der Waals surface area contributed by atoms with Crippen LogP contribution >= 0.6 is 11.6 Å². The number of benzene rings is 1. The van der Waals surface area contributed by atoms with Crippen molar-refractivity contribution < 1.29 is 14.8 Å². The Kier molecular flexibility index (Phi) is 6.42. The maximum atomic E-state index is 13.0. The van der Waals surface area contributed by atoms with Gasteiger partial charge in [0.05, 0.1) is 11.8 Å². The Balaban J connectivity index is 2.34. The van der Waals surface area contributed by atoms with E-state index in [4.69, 9.17) is 16.8 Å².